The van der Waals surface area contributed by atoms with Crippen LogP contribution in [0.15, 0.2) is 42.0 Å². The average Bonchev–Trinajstić information content (AvgIpc) is 3.17. The van der Waals surface area contributed by atoms with Gasteiger partial charge in [0, 0.05) is 0 Å². The zero-order valence-corrected chi connectivity index (χ0v) is 15.3. The van der Waals surface area contributed by atoms with Crippen molar-refractivity contribution >= 4 is 14.7 Å². The fraction of sp³-hybridized carbons (Fsp3) is 0.636. The van der Waals surface area contributed by atoms with Crippen LogP contribution in [0.1, 0.15) is 57.8 Å². The largest absolute Gasteiger partial charge is 0.0819 e. The molecule has 0 N–H and O–H groups in total. The highest BCUT2D eigenvalue weighted by Gasteiger charge is 2.40. The molecule has 0 aliphatic heterocycles. The van der Waals surface area contributed by atoms with Crippen LogP contribution in [-0.2, 0) is 0 Å². The molecule has 3 fully saturated rings. The van der Waals surface area contributed by atoms with Gasteiger partial charge in [-0.2, -0.15) is 0 Å². The first-order valence-corrected chi connectivity index (χ1v) is 11.1. The van der Waals surface area contributed by atoms with Gasteiger partial charge in [-0.05, 0) is 62.2 Å². The van der Waals surface area contributed by atoms with Crippen molar-refractivity contribution in [1.29, 1.82) is 0 Å². The number of allylic oxidation sites excluding steroid dienone is 2. The first kappa shape index (κ1) is 15.7. The van der Waals surface area contributed by atoms with Crippen LogP contribution in [0.2, 0.25) is 6.04 Å². The van der Waals surface area contributed by atoms with Crippen LogP contribution in [0.5, 0.6) is 0 Å². The van der Waals surface area contributed by atoms with E-state index >= 15 is 0 Å². The summed E-state index contributed by atoms with van der Waals surface area (Å²) < 4.78 is 0. The summed E-state index contributed by atoms with van der Waals surface area (Å²) in [6.07, 6.45) is 16.1. The Labute approximate surface area is 144 Å². The lowest BCUT2D eigenvalue weighted by Gasteiger charge is -2.21. The Morgan fingerprint density at radius 1 is 0.957 bits per heavy atom. The third-order valence-electron chi connectivity index (χ3n) is 6.54. The molecular weight excluding hydrogens is 292 g/mol. The predicted octanol–water partition coefficient (Wildman–Crippen LogP) is 5.38. The third-order valence-corrected chi connectivity index (χ3v) is 8.06. The lowest BCUT2D eigenvalue weighted by molar-refractivity contribution is 0.413. The first-order valence-electron chi connectivity index (χ1n) is 9.88. The fourth-order valence-electron chi connectivity index (χ4n) is 5.35. The third kappa shape index (κ3) is 3.82. The minimum Gasteiger partial charge on any atom is -0.0819 e. The Morgan fingerprint density at radius 2 is 1.78 bits per heavy atom. The van der Waals surface area contributed by atoms with Gasteiger partial charge in [-0.3, -0.25) is 0 Å². The lowest BCUT2D eigenvalue weighted by Crippen LogP contribution is -2.16. The molecule has 0 aromatic heterocycles. The molecule has 23 heavy (non-hydrogen) atoms. The SMILES string of the molecule is C(=C1/CC[C@@H]2CC(C[Si]c3ccccc3)C[C@@H]12)/C1CCCCC1. The highest BCUT2D eigenvalue weighted by molar-refractivity contribution is 6.53. The van der Waals surface area contributed by atoms with E-state index in [2.05, 4.69) is 36.4 Å². The number of fused-ring (bicyclic) bond motifs is 1. The van der Waals surface area contributed by atoms with E-state index in [0.29, 0.717) is 0 Å². The summed E-state index contributed by atoms with van der Waals surface area (Å²) in [5, 5.41) is 1.56. The molecule has 3 atom stereocenters. The number of rotatable bonds is 4. The molecule has 3 aliphatic carbocycles. The summed E-state index contributed by atoms with van der Waals surface area (Å²) in [6, 6.07) is 12.6. The summed E-state index contributed by atoms with van der Waals surface area (Å²) >= 11 is 0. The molecule has 0 spiro atoms. The van der Waals surface area contributed by atoms with Crippen LogP contribution < -0.4 is 5.19 Å². The second-order valence-corrected chi connectivity index (χ2v) is 9.47. The topological polar surface area (TPSA) is 0 Å². The quantitative estimate of drug-likeness (QED) is 0.516. The van der Waals surface area contributed by atoms with Crippen LogP contribution in [0, 0.1) is 23.7 Å². The van der Waals surface area contributed by atoms with E-state index < -0.39 is 0 Å². The van der Waals surface area contributed by atoms with Crippen LogP contribution in [0.4, 0.5) is 0 Å². The predicted molar refractivity (Wildman–Crippen MR) is 100 cm³/mol. The van der Waals surface area contributed by atoms with Crippen molar-refractivity contribution in [2.24, 2.45) is 23.7 Å². The normalized spacial score (nSPS) is 33.2. The summed E-state index contributed by atoms with van der Waals surface area (Å²) in [5.41, 5.74) is 1.88. The van der Waals surface area contributed by atoms with Crippen molar-refractivity contribution in [2.45, 2.75) is 63.8 Å². The van der Waals surface area contributed by atoms with Gasteiger partial charge in [-0.25, -0.2) is 0 Å². The second kappa shape index (κ2) is 7.38. The molecular formula is C22H30Si. The Kier molecular flexibility index (Phi) is 5.03. The number of hydrogen-bond acceptors (Lipinski definition) is 0. The van der Waals surface area contributed by atoms with E-state index in [1.807, 2.05) is 5.57 Å². The number of benzene rings is 1. The average molecular weight is 323 g/mol. The molecule has 1 heteroatoms. The zero-order chi connectivity index (χ0) is 15.5. The minimum atomic E-state index is 0.933. The molecule has 2 radical (unpaired) electrons. The van der Waals surface area contributed by atoms with Crippen LogP contribution >= 0.6 is 0 Å². The summed E-state index contributed by atoms with van der Waals surface area (Å²) in [7, 11) is 1.02. The van der Waals surface area contributed by atoms with E-state index in [1.54, 1.807) is 5.19 Å². The molecule has 0 amide bonds. The molecule has 0 bridgehead atoms. The van der Waals surface area contributed by atoms with Crippen molar-refractivity contribution in [3.05, 3.63) is 42.0 Å². The van der Waals surface area contributed by atoms with Gasteiger partial charge in [0.05, 0.1) is 9.52 Å². The molecule has 1 aromatic rings. The zero-order valence-electron chi connectivity index (χ0n) is 14.3. The highest BCUT2D eigenvalue weighted by atomic mass is 28.2. The van der Waals surface area contributed by atoms with E-state index in [1.165, 1.54) is 63.8 Å². The van der Waals surface area contributed by atoms with E-state index in [4.69, 9.17) is 0 Å². The van der Waals surface area contributed by atoms with Gasteiger partial charge >= 0.3 is 0 Å². The van der Waals surface area contributed by atoms with Gasteiger partial charge < -0.3 is 0 Å². The van der Waals surface area contributed by atoms with Crippen LogP contribution in [0.25, 0.3) is 0 Å². The standard InChI is InChI=1S/C22H30Si/c1-3-7-17(8-4-1)13-19-11-12-20-14-18(15-22(19)20)16-23-21-9-5-2-6-10-21/h2,5-6,9-10,13,17-18,20,22H,1,3-4,7-8,11-12,14-16H2/b19-13+/t18?,20-,22+/m1/s1. The second-order valence-electron chi connectivity index (χ2n) is 8.13. The van der Waals surface area contributed by atoms with Gasteiger partial charge in [0.1, 0.15) is 0 Å². The number of hydrogen-bond donors (Lipinski definition) is 0. The van der Waals surface area contributed by atoms with Gasteiger partial charge in [-0.15, -0.1) is 0 Å². The molecule has 0 heterocycles. The smallest absolute Gasteiger partial charge is 0.0810 e. The van der Waals surface area contributed by atoms with E-state index in [0.717, 1.165) is 33.2 Å². The van der Waals surface area contributed by atoms with Crippen LogP contribution in [-0.4, -0.2) is 9.52 Å². The van der Waals surface area contributed by atoms with Crippen molar-refractivity contribution in [1.82, 2.24) is 0 Å². The maximum absolute atomic E-state index is 2.76. The van der Waals surface area contributed by atoms with Crippen molar-refractivity contribution in [3.63, 3.8) is 0 Å². The lowest BCUT2D eigenvalue weighted by atomic mass is 9.85. The Bertz CT molecular complexity index is 526. The molecule has 122 valence electrons. The molecule has 3 aliphatic rings. The highest BCUT2D eigenvalue weighted by Crippen LogP contribution is 2.51. The summed E-state index contributed by atoms with van der Waals surface area (Å²) in [4.78, 5) is 0. The molecule has 0 nitrogen and oxygen atoms in total. The van der Waals surface area contributed by atoms with Crippen LogP contribution in [0.3, 0.4) is 0 Å². The molecule has 1 aromatic carbocycles. The Balaban J connectivity index is 1.33. The maximum atomic E-state index is 2.76. The van der Waals surface area contributed by atoms with E-state index in [9.17, 15) is 0 Å². The minimum absolute atomic E-state index is 0.933. The molecule has 0 saturated heterocycles. The van der Waals surface area contributed by atoms with Crippen molar-refractivity contribution in [2.75, 3.05) is 0 Å². The Hall–Kier alpha value is -0.823. The molecule has 3 saturated carbocycles. The van der Waals surface area contributed by atoms with Crippen molar-refractivity contribution < 1.29 is 0 Å². The Morgan fingerprint density at radius 3 is 2.61 bits per heavy atom. The first-order chi connectivity index (χ1) is 11.4. The van der Waals surface area contributed by atoms with Gasteiger partial charge in [0.15, 0.2) is 0 Å². The van der Waals surface area contributed by atoms with Gasteiger partial charge in [-0.1, -0.05) is 72.5 Å². The molecule has 1 unspecified atom stereocenters. The maximum Gasteiger partial charge on any atom is 0.0810 e. The van der Waals surface area contributed by atoms with Gasteiger partial charge in [0.2, 0.25) is 0 Å². The summed E-state index contributed by atoms with van der Waals surface area (Å²) in [6.45, 7) is 0. The van der Waals surface area contributed by atoms with Gasteiger partial charge in [0.25, 0.3) is 0 Å². The monoisotopic (exact) mass is 322 g/mol. The summed E-state index contributed by atoms with van der Waals surface area (Å²) in [5.74, 6) is 3.94. The van der Waals surface area contributed by atoms with E-state index in [-0.39, 0.29) is 0 Å². The fourth-order valence-corrected chi connectivity index (χ4v) is 6.63. The van der Waals surface area contributed by atoms with Crippen molar-refractivity contribution in [3.8, 4) is 0 Å². The molecule has 4 rings (SSSR count).